The summed E-state index contributed by atoms with van der Waals surface area (Å²) in [6.45, 7) is 6.39. The summed E-state index contributed by atoms with van der Waals surface area (Å²) < 4.78 is 5.12. The average molecular weight is 345 g/mol. The summed E-state index contributed by atoms with van der Waals surface area (Å²) in [7, 11) is 1.62. The number of hydrogen-bond donors (Lipinski definition) is 2. The third-order valence-electron chi connectivity index (χ3n) is 5.92. The molecule has 1 aromatic carbocycles. The molecule has 24 heavy (non-hydrogen) atoms. The number of anilines is 1. The van der Waals surface area contributed by atoms with E-state index in [1.165, 1.54) is 0 Å². The zero-order valence-electron chi connectivity index (χ0n) is 14.5. The van der Waals surface area contributed by atoms with Gasteiger partial charge in [-0.1, -0.05) is 20.8 Å². The van der Waals surface area contributed by atoms with Crippen molar-refractivity contribution in [3.05, 3.63) is 24.3 Å². The lowest BCUT2D eigenvalue weighted by molar-refractivity contribution is -0.123. The van der Waals surface area contributed by atoms with E-state index in [1.54, 1.807) is 7.11 Å². The molecule has 128 valence electrons. The van der Waals surface area contributed by atoms with E-state index in [4.69, 9.17) is 17.0 Å². The summed E-state index contributed by atoms with van der Waals surface area (Å²) in [4.78, 5) is 12.7. The monoisotopic (exact) mass is 345 g/mol. The number of rotatable bonds is 3. The molecule has 5 nitrogen and oxygen atoms in total. The number of hydrazone groups is 1. The first-order valence-corrected chi connectivity index (χ1v) is 8.54. The number of Topliss-reactive ketones (excluding diaryl/α,β-unsaturated/α-hetero) is 1. The fourth-order valence-electron chi connectivity index (χ4n) is 3.90. The zero-order valence-corrected chi connectivity index (χ0v) is 15.3. The van der Waals surface area contributed by atoms with Crippen LogP contribution in [0.4, 0.5) is 5.69 Å². The van der Waals surface area contributed by atoms with Gasteiger partial charge in [-0.25, -0.2) is 0 Å². The Kier molecular flexibility index (Phi) is 4.11. The molecule has 0 spiro atoms. The van der Waals surface area contributed by atoms with Crippen LogP contribution >= 0.6 is 12.2 Å². The fraction of sp³-hybridized carbons (Fsp3) is 0.500. The fourth-order valence-corrected chi connectivity index (χ4v) is 4.06. The molecule has 2 fully saturated rings. The number of hydrogen-bond acceptors (Lipinski definition) is 4. The Labute approximate surface area is 147 Å². The van der Waals surface area contributed by atoms with Gasteiger partial charge in [-0.05, 0) is 54.7 Å². The molecule has 2 atom stereocenters. The molecule has 0 aliphatic heterocycles. The summed E-state index contributed by atoms with van der Waals surface area (Å²) in [6, 6.07) is 7.43. The number of fused-ring (bicyclic) bond motifs is 2. The molecule has 2 N–H and O–H groups in total. The predicted octanol–water partition coefficient (Wildman–Crippen LogP) is 3.36. The van der Waals surface area contributed by atoms with Crippen LogP contribution in [0.15, 0.2) is 29.4 Å². The van der Waals surface area contributed by atoms with E-state index >= 15 is 0 Å². The zero-order chi connectivity index (χ0) is 17.5. The van der Waals surface area contributed by atoms with Crippen molar-refractivity contribution in [2.45, 2.75) is 33.6 Å². The second-order valence-corrected chi connectivity index (χ2v) is 7.67. The summed E-state index contributed by atoms with van der Waals surface area (Å²) in [5.74, 6) is 1.14. The molecule has 0 unspecified atom stereocenters. The Morgan fingerprint density at radius 2 is 1.96 bits per heavy atom. The van der Waals surface area contributed by atoms with Crippen LogP contribution in [0.25, 0.3) is 0 Å². The van der Waals surface area contributed by atoms with Gasteiger partial charge in [0.25, 0.3) is 0 Å². The minimum Gasteiger partial charge on any atom is -0.497 e. The maximum absolute atomic E-state index is 12.7. The number of nitrogens with one attached hydrogen (secondary N) is 2. The number of nitrogens with zero attached hydrogens (tertiary/aromatic N) is 1. The van der Waals surface area contributed by atoms with Gasteiger partial charge in [-0.2, -0.15) is 5.10 Å². The minimum atomic E-state index is -0.302. The van der Waals surface area contributed by atoms with Gasteiger partial charge < -0.3 is 10.1 Å². The van der Waals surface area contributed by atoms with Crippen LogP contribution in [0.5, 0.6) is 5.75 Å². The smallest absolute Gasteiger partial charge is 0.191 e. The lowest BCUT2D eigenvalue weighted by Gasteiger charge is -2.31. The van der Waals surface area contributed by atoms with Crippen molar-refractivity contribution in [2.75, 3.05) is 12.4 Å². The number of ether oxygens (including phenoxy) is 1. The van der Waals surface area contributed by atoms with Crippen molar-refractivity contribution in [3.8, 4) is 5.75 Å². The van der Waals surface area contributed by atoms with Crippen LogP contribution in [0.2, 0.25) is 0 Å². The van der Waals surface area contributed by atoms with Crippen LogP contribution in [-0.2, 0) is 4.79 Å². The number of carbonyl (C=O) groups is 1. The van der Waals surface area contributed by atoms with Crippen LogP contribution < -0.4 is 15.5 Å². The molecular formula is C18H23N3O2S. The molecule has 6 heteroatoms. The predicted molar refractivity (Wildman–Crippen MR) is 99.4 cm³/mol. The molecular weight excluding hydrogens is 322 g/mol. The van der Waals surface area contributed by atoms with E-state index in [2.05, 4.69) is 36.6 Å². The normalized spacial score (nSPS) is 28.9. The third kappa shape index (κ3) is 2.49. The topological polar surface area (TPSA) is 62.7 Å². The van der Waals surface area contributed by atoms with Crippen molar-refractivity contribution in [1.82, 2.24) is 5.43 Å². The van der Waals surface area contributed by atoms with Gasteiger partial charge in [0, 0.05) is 17.0 Å². The van der Waals surface area contributed by atoms with Gasteiger partial charge >= 0.3 is 0 Å². The summed E-state index contributed by atoms with van der Waals surface area (Å²) in [6.07, 6.45) is 1.95. The molecule has 1 aromatic rings. The van der Waals surface area contributed by atoms with Gasteiger partial charge in [0.15, 0.2) is 10.9 Å². The first-order valence-electron chi connectivity index (χ1n) is 8.13. The van der Waals surface area contributed by atoms with Crippen molar-refractivity contribution in [3.63, 3.8) is 0 Å². The number of carbonyl (C=O) groups excluding carboxylic acids is 1. The highest BCUT2D eigenvalue weighted by Gasteiger charge is 2.65. The largest absolute Gasteiger partial charge is 0.497 e. The summed E-state index contributed by atoms with van der Waals surface area (Å²) >= 11 is 5.27. The Bertz CT molecular complexity index is 711. The quantitative estimate of drug-likeness (QED) is 0.650. The molecule has 0 radical (unpaired) electrons. The van der Waals surface area contributed by atoms with Crippen LogP contribution in [-0.4, -0.2) is 23.7 Å². The standard InChI is InChI=1S/C18H23N3O2S/c1-17(2)13-9-10-18(17,3)15(22)14(13)20-21-16(24)19-11-5-7-12(23-4)8-6-11/h5-8,13H,9-10H2,1-4H3,(H2,19,21,24)/b20-14-/t13-,18+/m1/s1. The van der Waals surface area contributed by atoms with Crippen LogP contribution in [0, 0.1) is 16.7 Å². The molecule has 2 aliphatic rings. The first kappa shape index (κ1) is 16.9. The van der Waals surface area contributed by atoms with Gasteiger partial charge in [0.05, 0.1) is 7.11 Å². The average Bonchev–Trinajstić information content (AvgIpc) is 2.86. The molecule has 3 rings (SSSR count). The van der Waals surface area contributed by atoms with Gasteiger partial charge in [0.2, 0.25) is 0 Å². The van der Waals surface area contributed by atoms with E-state index in [1.807, 2.05) is 24.3 Å². The Morgan fingerprint density at radius 3 is 2.50 bits per heavy atom. The lowest BCUT2D eigenvalue weighted by Crippen LogP contribution is -2.34. The molecule has 0 heterocycles. The van der Waals surface area contributed by atoms with Gasteiger partial charge in [0.1, 0.15) is 11.5 Å². The second-order valence-electron chi connectivity index (χ2n) is 7.27. The van der Waals surface area contributed by atoms with E-state index in [0.717, 1.165) is 24.3 Å². The summed E-state index contributed by atoms with van der Waals surface area (Å²) in [5.41, 5.74) is 3.95. The van der Waals surface area contributed by atoms with Crippen molar-refractivity contribution in [1.29, 1.82) is 0 Å². The highest BCUT2D eigenvalue weighted by Crippen LogP contribution is 2.62. The maximum Gasteiger partial charge on any atom is 0.191 e. The summed E-state index contributed by atoms with van der Waals surface area (Å²) in [5, 5.41) is 7.77. The first-order chi connectivity index (χ1) is 11.3. The van der Waals surface area contributed by atoms with E-state index < -0.39 is 0 Å². The molecule has 0 aromatic heterocycles. The highest BCUT2D eigenvalue weighted by molar-refractivity contribution is 7.80. The van der Waals surface area contributed by atoms with Crippen molar-refractivity contribution < 1.29 is 9.53 Å². The molecule has 2 bridgehead atoms. The lowest BCUT2D eigenvalue weighted by atomic mass is 9.70. The van der Waals surface area contributed by atoms with Gasteiger partial charge in [-0.3, -0.25) is 10.2 Å². The highest BCUT2D eigenvalue weighted by atomic mass is 32.1. The van der Waals surface area contributed by atoms with Crippen molar-refractivity contribution >= 4 is 34.5 Å². The van der Waals surface area contributed by atoms with E-state index in [0.29, 0.717) is 10.8 Å². The van der Waals surface area contributed by atoms with Crippen LogP contribution in [0.3, 0.4) is 0 Å². The van der Waals surface area contributed by atoms with E-state index in [-0.39, 0.29) is 22.5 Å². The third-order valence-corrected chi connectivity index (χ3v) is 6.11. The second kappa shape index (κ2) is 5.84. The molecule has 0 amide bonds. The Morgan fingerprint density at radius 1 is 1.29 bits per heavy atom. The number of methoxy groups -OCH3 is 1. The number of benzene rings is 1. The number of ketones is 1. The molecule has 2 aliphatic carbocycles. The maximum atomic E-state index is 12.7. The Hall–Kier alpha value is -1.95. The van der Waals surface area contributed by atoms with Crippen LogP contribution in [0.1, 0.15) is 33.6 Å². The molecule has 2 saturated carbocycles. The van der Waals surface area contributed by atoms with E-state index in [9.17, 15) is 4.79 Å². The van der Waals surface area contributed by atoms with Gasteiger partial charge in [-0.15, -0.1) is 0 Å². The Balaban J connectivity index is 1.67. The number of thiocarbonyl (C=S) groups is 1. The van der Waals surface area contributed by atoms with Crippen molar-refractivity contribution in [2.24, 2.45) is 21.8 Å². The SMILES string of the molecule is COc1ccc(NC(=S)N/N=C2\C(=O)[C@]3(C)CC[C@H]2C3(C)C)cc1. The molecule has 0 saturated heterocycles. The minimum absolute atomic E-state index is 0.0460.